The van der Waals surface area contributed by atoms with Crippen molar-refractivity contribution in [3.63, 3.8) is 0 Å². The van der Waals surface area contributed by atoms with Gasteiger partial charge in [0.2, 0.25) is 11.5 Å². The van der Waals surface area contributed by atoms with Crippen molar-refractivity contribution in [1.29, 1.82) is 0 Å². The first kappa shape index (κ1) is 18.6. The van der Waals surface area contributed by atoms with Crippen LogP contribution in [0.5, 0.6) is 34.5 Å². The molecule has 2 rings (SSSR count). The van der Waals surface area contributed by atoms with Gasteiger partial charge in [0.1, 0.15) is 0 Å². The lowest BCUT2D eigenvalue weighted by atomic mass is 10.0. The molecule has 0 unspecified atom stereocenters. The molecule has 25 heavy (non-hydrogen) atoms. The molecule has 0 spiro atoms. The van der Waals surface area contributed by atoms with Gasteiger partial charge in [-0.25, -0.2) is 0 Å². The lowest BCUT2D eigenvalue weighted by molar-refractivity contribution is 0.321. The van der Waals surface area contributed by atoms with Crippen LogP contribution >= 0.6 is 0 Å². The Hall–Kier alpha value is -2.76. The van der Waals surface area contributed by atoms with Crippen molar-refractivity contribution in [2.24, 2.45) is 0 Å². The highest BCUT2D eigenvalue weighted by molar-refractivity contribution is 5.59. The molecule has 0 amide bonds. The largest absolute Gasteiger partial charge is 0.493 e. The molecule has 0 atom stereocenters. The predicted molar refractivity (Wildman–Crippen MR) is 95.0 cm³/mol. The number of hydrogen-bond donors (Lipinski definition) is 0. The van der Waals surface area contributed by atoms with Crippen LogP contribution in [0, 0.1) is 0 Å². The Labute approximate surface area is 148 Å². The highest BCUT2D eigenvalue weighted by atomic mass is 16.5. The quantitative estimate of drug-likeness (QED) is 0.729. The standard InChI is InChI=1S/C19H24O6/c1-20-14-8-7-13(17(23-4)19(14)25-6)9-12-10-15(21-2)18(24-5)16(11-12)22-3/h7-8,10-11H,9H2,1-6H3. The number of methoxy groups -OCH3 is 6. The summed E-state index contributed by atoms with van der Waals surface area (Å²) in [7, 11) is 9.56. The summed E-state index contributed by atoms with van der Waals surface area (Å²) < 4.78 is 32.5. The van der Waals surface area contributed by atoms with Crippen LogP contribution in [-0.2, 0) is 6.42 Å². The summed E-state index contributed by atoms with van der Waals surface area (Å²) in [6.45, 7) is 0. The molecule has 0 bridgehead atoms. The van der Waals surface area contributed by atoms with Gasteiger partial charge < -0.3 is 28.4 Å². The average molecular weight is 348 g/mol. The Balaban J connectivity index is 2.49. The van der Waals surface area contributed by atoms with Crippen molar-refractivity contribution in [2.45, 2.75) is 6.42 Å². The number of hydrogen-bond acceptors (Lipinski definition) is 6. The zero-order valence-corrected chi connectivity index (χ0v) is 15.5. The van der Waals surface area contributed by atoms with E-state index in [9.17, 15) is 0 Å². The second-order valence-electron chi connectivity index (χ2n) is 5.20. The van der Waals surface area contributed by atoms with Gasteiger partial charge in [0.05, 0.1) is 42.7 Å². The van der Waals surface area contributed by atoms with E-state index in [-0.39, 0.29) is 0 Å². The summed E-state index contributed by atoms with van der Waals surface area (Å²) in [6.07, 6.45) is 0.597. The van der Waals surface area contributed by atoms with Crippen LogP contribution < -0.4 is 28.4 Å². The van der Waals surface area contributed by atoms with E-state index < -0.39 is 0 Å². The molecule has 6 nitrogen and oxygen atoms in total. The van der Waals surface area contributed by atoms with Gasteiger partial charge in [-0.1, -0.05) is 6.07 Å². The molecule has 0 aliphatic carbocycles. The Morgan fingerprint density at radius 1 is 0.560 bits per heavy atom. The molecule has 0 radical (unpaired) electrons. The third-order valence-corrected chi connectivity index (χ3v) is 3.90. The fraction of sp³-hybridized carbons (Fsp3) is 0.368. The minimum atomic E-state index is 0.563. The minimum absolute atomic E-state index is 0.563. The van der Waals surface area contributed by atoms with Gasteiger partial charge >= 0.3 is 0 Å². The van der Waals surface area contributed by atoms with Gasteiger partial charge in [0, 0.05) is 12.0 Å². The topological polar surface area (TPSA) is 55.4 Å². The SMILES string of the molecule is COc1cc(Cc2ccc(OC)c(OC)c2OC)cc(OC)c1OC. The van der Waals surface area contributed by atoms with E-state index in [0.717, 1.165) is 11.1 Å². The lowest BCUT2D eigenvalue weighted by Crippen LogP contribution is -2.01. The number of benzene rings is 2. The van der Waals surface area contributed by atoms with Crippen LogP contribution in [0.3, 0.4) is 0 Å². The third-order valence-electron chi connectivity index (χ3n) is 3.90. The monoisotopic (exact) mass is 348 g/mol. The van der Waals surface area contributed by atoms with Gasteiger partial charge in [-0.3, -0.25) is 0 Å². The number of rotatable bonds is 8. The Bertz CT molecular complexity index is 701. The third kappa shape index (κ3) is 3.68. The van der Waals surface area contributed by atoms with Crippen LogP contribution in [0.25, 0.3) is 0 Å². The second kappa shape index (κ2) is 8.37. The Kier molecular flexibility index (Phi) is 6.22. The molecule has 0 fully saturated rings. The summed E-state index contributed by atoms with van der Waals surface area (Å²) in [5, 5.41) is 0. The van der Waals surface area contributed by atoms with Gasteiger partial charge in [-0.05, 0) is 23.8 Å². The first-order valence-corrected chi connectivity index (χ1v) is 7.70. The van der Waals surface area contributed by atoms with E-state index in [1.807, 2.05) is 24.3 Å². The molecule has 0 N–H and O–H groups in total. The molecular formula is C19H24O6. The van der Waals surface area contributed by atoms with Gasteiger partial charge in [0.25, 0.3) is 0 Å². The first-order chi connectivity index (χ1) is 12.1. The first-order valence-electron chi connectivity index (χ1n) is 7.70. The summed E-state index contributed by atoms with van der Waals surface area (Å²) in [5.41, 5.74) is 1.94. The van der Waals surface area contributed by atoms with Crippen LogP contribution in [0.2, 0.25) is 0 Å². The van der Waals surface area contributed by atoms with Crippen molar-refractivity contribution in [2.75, 3.05) is 42.7 Å². The molecule has 2 aromatic rings. The Morgan fingerprint density at radius 3 is 1.52 bits per heavy atom. The molecule has 0 saturated carbocycles. The molecule has 2 aromatic carbocycles. The molecule has 0 aliphatic heterocycles. The molecule has 0 aliphatic rings. The van der Waals surface area contributed by atoms with Crippen molar-refractivity contribution >= 4 is 0 Å². The van der Waals surface area contributed by atoms with E-state index in [1.54, 1.807) is 42.7 Å². The Morgan fingerprint density at radius 2 is 1.08 bits per heavy atom. The van der Waals surface area contributed by atoms with E-state index in [1.165, 1.54) is 0 Å². The van der Waals surface area contributed by atoms with E-state index in [4.69, 9.17) is 28.4 Å². The van der Waals surface area contributed by atoms with E-state index >= 15 is 0 Å². The molecule has 0 saturated heterocycles. The van der Waals surface area contributed by atoms with Crippen LogP contribution in [-0.4, -0.2) is 42.7 Å². The summed E-state index contributed by atoms with van der Waals surface area (Å²) >= 11 is 0. The summed E-state index contributed by atoms with van der Waals surface area (Å²) in [6, 6.07) is 7.63. The average Bonchev–Trinajstić information content (AvgIpc) is 2.66. The summed E-state index contributed by atoms with van der Waals surface area (Å²) in [5.74, 6) is 3.60. The summed E-state index contributed by atoms with van der Waals surface area (Å²) in [4.78, 5) is 0. The van der Waals surface area contributed by atoms with Gasteiger partial charge in [-0.15, -0.1) is 0 Å². The normalized spacial score (nSPS) is 10.2. The maximum absolute atomic E-state index is 5.55. The zero-order chi connectivity index (χ0) is 18.4. The van der Waals surface area contributed by atoms with Gasteiger partial charge in [-0.2, -0.15) is 0 Å². The lowest BCUT2D eigenvalue weighted by Gasteiger charge is -2.17. The van der Waals surface area contributed by atoms with Crippen molar-refractivity contribution in [3.05, 3.63) is 35.4 Å². The smallest absolute Gasteiger partial charge is 0.203 e. The van der Waals surface area contributed by atoms with Crippen LogP contribution in [0.15, 0.2) is 24.3 Å². The molecule has 0 heterocycles. The van der Waals surface area contributed by atoms with E-state index in [2.05, 4.69) is 0 Å². The van der Waals surface area contributed by atoms with Crippen molar-refractivity contribution in [1.82, 2.24) is 0 Å². The van der Waals surface area contributed by atoms with Crippen molar-refractivity contribution < 1.29 is 28.4 Å². The molecule has 136 valence electrons. The van der Waals surface area contributed by atoms with Crippen LogP contribution in [0.4, 0.5) is 0 Å². The van der Waals surface area contributed by atoms with E-state index in [0.29, 0.717) is 40.9 Å². The molecule has 6 heteroatoms. The number of ether oxygens (including phenoxy) is 6. The fourth-order valence-corrected chi connectivity index (χ4v) is 2.76. The minimum Gasteiger partial charge on any atom is -0.493 e. The predicted octanol–water partition coefficient (Wildman–Crippen LogP) is 3.33. The van der Waals surface area contributed by atoms with Crippen molar-refractivity contribution in [3.8, 4) is 34.5 Å². The molecular weight excluding hydrogens is 324 g/mol. The fourth-order valence-electron chi connectivity index (χ4n) is 2.76. The second-order valence-corrected chi connectivity index (χ2v) is 5.20. The maximum atomic E-state index is 5.55. The van der Waals surface area contributed by atoms with Crippen LogP contribution in [0.1, 0.15) is 11.1 Å². The highest BCUT2D eigenvalue weighted by Gasteiger charge is 2.18. The zero-order valence-electron chi connectivity index (χ0n) is 15.5. The van der Waals surface area contributed by atoms with Gasteiger partial charge in [0.15, 0.2) is 23.0 Å². The highest BCUT2D eigenvalue weighted by Crippen LogP contribution is 2.42. The maximum Gasteiger partial charge on any atom is 0.203 e. The molecule has 0 aromatic heterocycles.